The van der Waals surface area contributed by atoms with Gasteiger partial charge in [-0.05, 0) is 36.8 Å². The Morgan fingerprint density at radius 1 is 1.17 bits per heavy atom. The average molecular weight is 247 g/mol. The quantitative estimate of drug-likeness (QED) is 0.780. The van der Waals surface area contributed by atoms with Crippen molar-refractivity contribution in [2.24, 2.45) is 0 Å². The number of ketones is 1. The van der Waals surface area contributed by atoms with Crippen molar-refractivity contribution in [2.45, 2.75) is 13.3 Å². The number of aromatic nitrogens is 1. The normalized spacial score (nSPS) is 10.4. The number of hydrogen-bond donors (Lipinski definition) is 0. The van der Waals surface area contributed by atoms with Crippen LogP contribution in [0.2, 0.25) is 0 Å². The minimum absolute atomic E-state index is 0.0423. The molecule has 1 heterocycles. The van der Waals surface area contributed by atoms with E-state index in [2.05, 4.69) is 4.98 Å². The van der Waals surface area contributed by atoms with Crippen molar-refractivity contribution in [3.8, 4) is 0 Å². The fourth-order valence-electron chi connectivity index (χ4n) is 1.66. The molecule has 1 aromatic carbocycles. The van der Waals surface area contributed by atoms with E-state index in [0.717, 1.165) is 17.8 Å². The summed E-state index contributed by atoms with van der Waals surface area (Å²) >= 11 is 0. The SMILES string of the molecule is Cc1cc(C(=O)Cc2ccc(F)c(F)c2)ccn1. The van der Waals surface area contributed by atoms with E-state index in [9.17, 15) is 13.6 Å². The van der Waals surface area contributed by atoms with Crippen LogP contribution in [-0.4, -0.2) is 10.8 Å². The number of pyridine rings is 1. The van der Waals surface area contributed by atoms with Crippen molar-refractivity contribution in [3.63, 3.8) is 0 Å². The molecule has 0 amide bonds. The summed E-state index contributed by atoms with van der Waals surface area (Å²) in [5.74, 6) is -2.00. The van der Waals surface area contributed by atoms with Crippen LogP contribution in [0.5, 0.6) is 0 Å². The predicted molar refractivity (Wildman–Crippen MR) is 63.4 cm³/mol. The number of aryl methyl sites for hydroxylation is 1. The van der Waals surface area contributed by atoms with E-state index in [4.69, 9.17) is 0 Å². The van der Waals surface area contributed by atoms with Crippen LogP contribution in [0.4, 0.5) is 8.78 Å². The molecule has 0 saturated heterocycles. The van der Waals surface area contributed by atoms with Crippen LogP contribution in [0.25, 0.3) is 0 Å². The number of carbonyl (C=O) groups excluding carboxylic acids is 1. The van der Waals surface area contributed by atoms with Crippen LogP contribution in [0.1, 0.15) is 21.6 Å². The molecule has 0 aliphatic rings. The van der Waals surface area contributed by atoms with Crippen molar-refractivity contribution in [1.29, 1.82) is 0 Å². The molecule has 0 aliphatic carbocycles. The summed E-state index contributed by atoms with van der Waals surface area (Å²) in [5.41, 5.74) is 1.71. The molecule has 2 rings (SSSR count). The molecule has 0 spiro atoms. The van der Waals surface area contributed by atoms with Gasteiger partial charge in [-0.1, -0.05) is 6.07 Å². The summed E-state index contributed by atoms with van der Waals surface area (Å²) in [6.07, 6.45) is 1.59. The van der Waals surface area contributed by atoms with Gasteiger partial charge in [-0.3, -0.25) is 9.78 Å². The molecule has 0 bridgehead atoms. The monoisotopic (exact) mass is 247 g/mol. The fourth-order valence-corrected chi connectivity index (χ4v) is 1.66. The lowest BCUT2D eigenvalue weighted by atomic mass is 10.0. The molecular weight excluding hydrogens is 236 g/mol. The van der Waals surface area contributed by atoms with E-state index in [1.807, 2.05) is 0 Å². The Morgan fingerprint density at radius 3 is 2.61 bits per heavy atom. The number of hydrogen-bond acceptors (Lipinski definition) is 2. The number of carbonyl (C=O) groups is 1. The Bertz CT molecular complexity index is 596. The molecule has 4 heteroatoms. The highest BCUT2D eigenvalue weighted by Crippen LogP contribution is 2.12. The average Bonchev–Trinajstić information content (AvgIpc) is 2.34. The van der Waals surface area contributed by atoms with E-state index < -0.39 is 11.6 Å². The van der Waals surface area contributed by atoms with Crippen molar-refractivity contribution < 1.29 is 13.6 Å². The lowest BCUT2D eigenvalue weighted by Gasteiger charge is -2.03. The van der Waals surface area contributed by atoms with Gasteiger partial charge in [-0.2, -0.15) is 0 Å². The van der Waals surface area contributed by atoms with Crippen LogP contribution in [0.3, 0.4) is 0 Å². The highest BCUT2D eigenvalue weighted by Gasteiger charge is 2.09. The largest absolute Gasteiger partial charge is 0.294 e. The first-order valence-corrected chi connectivity index (χ1v) is 5.46. The minimum Gasteiger partial charge on any atom is -0.294 e. The van der Waals surface area contributed by atoms with Gasteiger partial charge in [-0.25, -0.2) is 8.78 Å². The van der Waals surface area contributed by atoms with Gasteiger partial charge < -0.3 is 0 Å². The zero-order chi connectivity index (χ0) is 13.1. The van der Waals surface area contributed by atoms with Gasteiger partial charge in [0.2, 0.25) is 0 Å². The molecule has 92 valence electrons. The van der Waals surface area contributed by atoms with Crippen molar-refractivity contribution in [2.75, 3.05) is 0 Å². The van der Waals surface area contributed by atoms with Crippen LogP contribution in [-0.2, 0) is 6.42 Å². The first-order chi connectivity index (χ1) is 8.56. The van der Waals surface area contributed by atoms with E-state index in [0.29, 0.717) is 11.1 Å². The Balaban J connectivity index is 2.18. The van der Waals surface area contributed by atoms with Crippen LogP contribution in [0, 0.1) is 18.6 Å². The lowest BCUT2D eigenvalue weighted by Crippen LogP contribution is -2.05. The van der Waals surface area contributed by atoms with Crippen LogP contribution < -0.4 is 0 Å². The molecule has 2 nitrogen and oxygen atoms in total. The van der Waals surface area contributed by atoms with Crippen molar-refractivity contribution >= 4 is 5.78 Å². The third-order valence-electron chi connectivity index (χ3n) is 2.57. The van der Waals surface area contributed by atoms with Crippen LogP contribution >= 0.6 is 0 Å². The molecule has 0 N–H and O–H groups in total. The Labute approximate surface area is 103 Å². The highest BCUT2D eigenvalue weighted by molar-refractivity contribution is 5.97. The number of Topliss-reactive ketones (excluding diaryl/α,β-unsaturated/α-hetero) is 1. The van der Waals surface area contributed by atoms with Crippen molar-refractivity contribution in [3.05, 3.63) is 65.0 Å². The van der Waals surface area contributed by atoms with E-state index >= 15 is 0 Å². The first kappa shape index (κ1) is 12.4. The molecule has 18 heavy (non-hydrogen) atoms. The second-order valence-electron chi connectivity index (χ2n) is 4.03. The zero-order valence-electron chi connectivity index (χ0n) is 9.78. The van der Waals surface area contributed by atoms with E-state index in [1.165, 1.54) is 6.07 Å². The van der Waals surface area contributed by atoms with E-state index in [-0.39, 0.29) is 12.2 Å². The van der Waals surface area contributed by atoms with Gasteiger partial charge in [0.25, 0.3) is 0 Å². The molecular formula is C14H11F2NO. The number of rotatable bonds is 3. The summed E-state index contributed by atoms with van der Waals surface area (Å²) in [6.45, 7) is 1.79. The lowest BCUT2D eigenvalue weighted by molar-refractivity contribution is 0.0992. The highest BCUT2D eigenvalue weighted by atomic mass is 19.2. The summed E-state index contributed by atoms with van der Waals surface area (Å²) in [5, 5.41) is 0. The maximum Gasteiger partial charge on any atom is 0.167 e. The van der Waals surface area contributed by atoms with E-state index in [1.54, 1.807) is 25.3 Å². The summed E-state index contributed by atoms with van der Waals surface area (Å²) in [7, 11) is 0. The second kappa shape index (κ2) is 5.04. The van der Waals surface area contributed by atoms with Gasteiger partial charge in [0, 0.05) is 23.9 Å². The Hall–Kier alpha value is -2.10. The Morgan fingerprint density at radius 2 is 1.94 bits per heavy atom. The topological polar surface area (TPSA) is 30.0 Å². The minimum atomic E-state index is -0.939. The van der Waals surface area contributed by atoms with Gasteiger partial charge in [0.1, 0.15) is 0 Å². The fraction of sp³-hybridized carbons (Fsp3) is 0.143. The standard InChI is InChI=1S/C14H11F2NO/c1-9-6-11(4-5-17-9)14(18)8-10-2-3-12(15)13(16)7-10/h2-7H,8H2,1H3. The molecule has 0 unspecified atom stereocenters. The molecule has 0 fully saturated rings. The van der Waals surface area contributed by atoms with Gasteiger partial charge in [0.05, 0.1) is 0 Å². The first-order valence-electron chi connectivity index (χ1n) is 5.46. The number of benzene rings is 1. The van der Waals surface area contributed by atoms with Crippen molar-refractivity contribution in [1.82, 2.24) is 4.98 Å². The maximum absolute atomic E-state index is 13.0. The Kier molecular flexibility index (Phi) is 3.46. The molecule has 0 aliphatic heterocycles. The molecule has 0 saturated carbocycles. The van der Waals surface area contributed by atoms with Crippen LogP contribution in [0.15, 0.2) is 36.5 Å². The summed E-state index contributed by atoms with van der Waals surface area (Å²) < 4.78 is 25.7. The predicted octanol–water partition coefficient (Wildman–Crippen LogP) is 3.09. The van der Waals surface area contributed by atoms with Gasteiger partial charge in [-0.15, -0.1) is 0 Å². The smallest absolute Gasteiger partial charge is 0.167 e. The maximum atomic E-state index is 13.0. The zero-order valence-corrected chi connectivity index (χ0v) is 9.78. The third kappa shape index (κ3) is 2.77. The summed E-state index contributed by atoms with van der Waals surface area (Å²) in [6, 6.07) is 6.75. The second-order valence-corrected chi connectivity index (χ2v) is 4.03. The number of nitrogens with zero attached hydrogens (tertiary/aromatic N) is 1. The number of halogens is 2. The molecule has 2 aromatic rings. The van der Waals surface area contributed by atoms with Gasteiger partial charge in [0.15, 0.2) is 17.4 Å². The third-order valence-corrected chi connectivity index (χ3v) is 2.57. The summed E-state index contributed by atoms with van der Waals surface area (Å²) in [4.78, 5) is 15.9. The molecule has 0 radical (unpaired) electrons. The van der Waals surface area contributed by atoms with Gasteiger partial charge >= 0.3 is 0 Å². The molecule has 0 atom stereocenters. The molecule has 1 aromatic heterocycles.